The number of amides is 1. The maximum absolute atomic E-state index is 15.1. The van der Waals surface area contributed by atoms with Gasteiger partial charge in [0.15, 0.2) is 11.0 Å². The van der Waals surface area contributed by atoms with E-state index in [0.717, 1.165) is 0 Å². The van der Waals surface area contributed by atoms with Crippen LogP contribution in [0.15, 0.2) is 35.6 Å². The first-order valence-electron chi connectivity index (χ1n) is 11.4. The van der Waals surface area contributed by atoms with Gasteiger partial charge >= 0.3 is 0 Å². The van der Waals surface area contributed by atoms with Gasteiger partial charge in [-0.05, 0) is 44.0 Å². The molecule has 1 amide bonds. The average Bonchev–Trinajstić information content (AvgIpc) is 3.56. The molecule has 0 radical (unpaired) electrons. The lowest BCUT2D eigenvalue weighted by molar-refractivity contribution is -0.129. The molecule has 2 aliphatic rings. The number of carbonyl (C=O) groups is 1. The number of thioether (sulfide) groups is 1. The Morgan fingerprint density at radius 2 is 2.11 bits per heavy atom. The summed E-state index contributed by atoms with van der Waals surface area (Å²) >= 11 is 1.23. The van der Waals surface area contributed by atoms with Crippen molar-refractivity contribution in [2.24, 2.45) is 16.6 Å². The molecule has 1 unspecified atom stereocenters. The second-order valence-corrected chi connectivity index (χ2v) is 10.8. The minimum Gasteiger partial charge on any atom is -0.471 e. The molecule has 2 N–H and O–H groups in total. The summed E-state index contributed by atoms with van der Waals surface area (Å²) in [6.45, 7) is 3.96. The molecule has 1 aromatic carbocycles. The van der Waals surface area contributed by atoms with Crippen LogP contribution >= 0.6 is 11.8 Å². The number of ether oxygens (including phenoxy) is 2. The smallest absolute Gasteiger partial charge is 0.239 e. The van der Waals surface area contributed by atoms with Crippen LogP contribution in [0.5, 0.6) is 5.88 Å². The molecule has 1 aliphatic carbocycles. The minimum absolute atomic E-state index is 0.00736. The minimum atomic E-state index is -1.07. The van der Waals surface area contributed by atoms with Gasteiger partial charge in [0.1, 0.15) is 22.4 Å². The van der Waals surface area contributed by atoms with E-state index in [1.807, 2.05) is 6.92 Å². The molecule has 8 nitrogen and oxygen atoms in total. The molecule has 1 saturated carbocycles. The summed E-state index contributed by atoms with van der Waals surface area (Å²) in [6, 6.07) is 4.28. The molecule has 2 aromatic rings. The zero-order valence-electron chi connectivity index (χ0n) is 20.8. The molecule has 4 atom stereocenters. The van der Waals surface area contributed by atoms with E-state index in [9.17, 15) is 4.79 Å². The van der Waals surface area contributed by atoms with Gasteiger partial charge in [0.05, 0.1) is 24.5 Å². The Morgan fingerprint density at radius 1 is 1.36 bits per heavy atom. The Bertz CT molecular complexity index is 1220. The van der Waals surface area contributed by atoms with Crippen molar-refractivity contribution in [3.8, 4) is 5.88 Å². The van der Waals surface area contributed by atoms with Crippen molar-refractivity contribution < 1.29 is 23.0 Å². The van der Waals surface area contributed by atoms with Gasteiger partial charge < -0.3 is 20.1 Å². The lowest BCUT2D eigenvalue weighted by Crippen LogP contribution is -2.43. The van der Waals surface area contributed by atoms with Crippen molar-refractivity contribution >= 4 is 34.7 Å². The van der Waals surface area contributed by atoms with E-state index in [1.165, 1.54) is 47.3 Å². The molecule has 11 heteroatoms. The number of hydrogen-bond acceptors (Lipinski definition) is 8. The number of aliphatic imine (C=N–C) groups is 1. The van der Waals surface area contributed by atoms with E-state index in [1.54, 1.807) is 34.2 Å². The molecule has 0 spiro atoms. The monoisotopic (exact) mass is 517 g/mol. The number of benzene rings is 1. The number of carbonyl (C=O) groups excluding carboxylic acids is 1. The van der Waals surface area contributed by atoms with Gasteiger partial charge in [-0.15, -0.1) is 0 Å². The van der Waals surface area contributed by atoms with Crippen LogP contribution < -0.4 is 10.5 Å². The fourth-order valence-electron chi connectivity index (χ4n) is 4.65. The SMILES string of the molecule is COCC(C)Oc1cnc(/C(F)=C/c2ccc(F)c([C@@]3(C)N=C(N)S[C@@]4(C(=O)N(C)C)C[C@H]43)c2)cn1. The molecule has 1 aromatic heterocycles. The lowest BCUT2D eigenvalue weighted by atomic mass is 9.84. The standard InChI is InChI=1S/C25H29F2N5O3S/c1-14(13-34-5)35-21-12-29-19(11-30-21)18(27)9-15-6-7-17(26)16(8-15)24(2)20-10-25(20,22(33)32(3)4)36-23(28)31-24/h6-9,11-12,14,20H,10,13H2,1-5H3,(H2,28,31)/b18-9-/t14?,20-,24+,25-/m0/s1. The van der Waals surface area contributed by atoms with Crippen LogP contribution in [-0.4, -0.2) is 64.6 Å². The first-order valence-corrected chi connectivity index (χ1v) is 12.2. The van der Waals surface area contributed by atoms with Crippen molar-refractivity contribution in [2.75, 3.05) is 27.8 Å². The molecular weight excluding hydrogens is 488 g/mol. The highest BCUT2D eigenvalue weighted by Gasteiger charge is 2.71. The van der Waals surface area contributed by atoms with Crippen LogP contribution in [0, 0.1) is 11.7 Å². The number of rotatable bonds is 8. The second-order valence-electron chi connectivity index (χ2n) is 9.40. The van der Waals surface area contributed by atoms with Crippen LogP contribution in [0.1, 0.15) is 37.1 Å². The van der Waals surface area contributed by atoms with Crippen LogP contribution in [0.4, 0.5) is 8.78 Å². The topological polar surface area (TPSA) is 103 Å². The van der Waals surface area contributed by atoms with E-state index in [4.69, 9.17) is 15.2 Å². The van der Waals surface area contributed by atoms with Gasteiger partial charge in [-0.25, -0.2) is 18.7 Å². The highest BCUT2D eigenvalue weighted by molar-refractivity contribution is 8.15. The number of aromatic nitrogens is 2. The molecular formula is C25H29F2N5O3S. The third kappa shape index (κ3) is 4.81. The first-order chi connectivity index (χ1) is 17.0. The summed E-state index contributed by atoms with van der Waals surface area (Å²) in [7, 11) is 4.93. The van der Waals surface area contributed by atoms with Crippen LogP contribution in [0.3, 0.4) is 0 Å². The van der Waals surface area contributed by atoms with E-state index < -0.39 is 21.9 Å². The number of hydrogen-bond donors (Lipinski definition) is 1. The number of amidine groups is 1. The van der Waals surface area contributed by atoms with Gasteiger partial charge in [-0.3, -0.25) is 9.79 Å². The predicted octanol–water partition coefficient (Wildman–Crippen LogP) is 3.62. The zero-order valence-corrected chi connectivity index (χ0v) is 21.6. The summed E-state index contributed by atoms with van der Waals surface area (Å²) in [5.74, 6) is -1.21. The molecule has 1 aliphatic heterocycles. The summed E-state index contributed by atoms with van der Waals surface area (Å²) in [5, 5.41) is 0.227. The van der Waals surface area contributed by atoms with Crippen LogP contribution in [0.25, 0.3) is 11.9 Å². The Kier molecular flexibility index (Phi) is 7.07. The molecule has 4 rings (SSSR count). The first kappa shape index (κ1) is 26.0. The lowest BCUT2D eigenvalue weighted by Gasteiger charge is -2.34. The van der Waals surface area contributed by atoms with Crippen molar-refractivity contribution in [2.45, 2.75) is 36.7 Å². The molecule has 0 bridgehead atoms. The van der Waals surface area contributed by atoms with Crippen molar-refractivity contribution in [1.29, 1.82) is 0 Å². The Labute approximate surface area is 213 Å². The fraction of sp³-hybridized carbons (Fsp3) is 0.440. The van der Waals surface area contributed by atoms with Gasteiger partial charge in [0.2, 0.25) is 11.8 Å². The Balaban J connectivity index is 1.61. The third-order valence-corrected chi connectivity index (χ3v) is 7.70. The molecule has 36 heavy (non-hydrogen) atoms. The van der Waals surface area contributed by atoms with Gasteiger partial charge in [-0.2, -0.15) is 0 Å². The largest absolute Gasteiger partial charge is 0.471 e. The highest BCUT2D eigenvalue weighted by atomic mass is 32.2. The van der Waals surface area contributed by atoms with E-state index in [0.29, 0.717) is 18.6 Å². The number of nitrogens with two attached hydrogens (primary N) is 1. The predicted molar refractivity (Wildman–Crippen MR) is 135 cm³/mol. The zero-order chi connectivity index (χ0) is 26.3. The van der Waals surface area contributed by atoms with Crippen molar-refractivity contribution in [3.05, 3.63) is 53.2 Å². The van der Waals surface area contributed by atoms with Crippen LogP contribution in [-0.2, 0) is 15.1 Å². The normalized spacial score (nSPS) is 26.0. The average molecular weight is 518 g/mol. The Hall–Kier alpha value is -3.05. The molecule has 1 fully saturated rings. The number of nitrogens with zero attached hydrogens (tertiary/aromatic N) is 4. The summed E-state index contributed by atoms with van der Waals surface area (Å²) < 4.78 is 39.9. The summed E-state index contributed by atoms with van der Waals surface area (Å²) in [4.78, 5) is 27.2. The van der Waals surface area contributed by atoms with Crippen molar-refractivity contribution in [3.63, 3.8) is 0 Å². The van der Waals surface area contributed by atoms with Gasteiger partial charge in [0.25, 0.3) is 0 Å². The van der Waals surface area contributed by atoms with Crippen molar-refractivity contribution in [1.82, 2.24) is 14.9 Å². The fourth-order valence-corrected chi connectivity index (χ4v) is 6.15. The summed E-state index contributed by atoms with van der Waals surface area (Å²) in [6.07, 6.45) is 4.14. The second kappa shape index (κ2) is 9.78. The number of methoxy groups -OCH3 is 1. The molecule has 2 heterocycles. The number of halogens is 2. The third-order valence-electron chi connectivity index (χ3n) is 6.41. The Morgan fingerprint density at radius 3 is 2.75 bits per heavy atom. The number of fused-ring (bicyclic) bond motifs is 1. The quantitative estimate of drug-likeness (QED) is 0.571. The van der Waals surface area contributed by atoms with E-state index in [-0.39, 0.29) is 40.2 Å². The highest BCUT2D eigenvalue weighted by Crippen LogP contribution is 2.66. The molecule has 0 saturated heterocycles. The summed E-state index contributed by atoms with van der Waals surface area (Å²) in [5.41, 5.74) is 5.72. The maximum atomic E-state index is 15.1. The maximum Gasteiger partial charge on any atom is 0.239 e. The van der Waals surface area contributed by atoms with Gasteiger partial charge in [-0.1, -0.05) is 17.8 Å². The van der Waals surface area contributed by atoms with Gasteiger partial charge in [0, 0.05) is 32.7 Å². The van der Waals surface area contributed by atoms with E-state index >= 15 is 8.78 Å². The van der Waals surface area contributed by atoms with Crippen LogP contribution in [0.2, 0.25) is 0 Å². The van der Waals surface area contributed by atoms with E-state index in [2.05, 4.69) is 15.0 Å². The molecule has 192 valence electrons.